The zero-order chi connectivity index (χ0) is 13.0. The predicted octanol–water partition coefficient (Wildman–Crippen LogP) is 2.31. The van der Waals surface area contributed by atoms with Crippen molar-refractivity contribution < 1.29 is 9.90 Å². The van der Waals surface area contributed by atoms with E-state index in [-0.39, 0.29) is 0 Å². The lowest BCUT2D eigenvalue weighted by Gasteiger charge is -2.30. The topological polar surface area (TPSA) is 45.5 Å². The summed E-state index contributed by atoms with van der Waals surface area (Å²) in [5.41, 5.74) is 0.359. The first-order valence-corrected chi connectivity index (χ1v) is 6.07. The summed E-state index contributed by atoms with van der Waals surface area (Å²) in [6.07, 6.45) is 1.82. The summed E-state index contributed by atoms with van der Waals surface area (Å²) in [6, 6.07) is 4.35. The van der Waals surface area contributed by atoms with Crippen LogP contribution in [-0.2, 0) is 6.54 Å². The zero-order valence-corrected chi connectivity index (χ0v) is 11.1. The van der Waals surface area contributed by atoms with Gasteiger partial charge in [-0.1, -0.05) is 0 Å². The maximum absolute atomic E-state index is 11.0. The minimum absolute atomic E-state index is 0.359. The SMILES string of the molecule is CC(C)N(CCn1cccc1C(=O)O)C(C)C. The van der Waals surface area contributed by atoms with Crippen LogP contribution in [-0.4, -0.2) is 39.2 Å². The molecule has 0 radical (unpaired) electrons. The molecular weight excluding hydrogens is 216 g/mol. The molecule has 0 aromatic carbocycles. The fourth-order valence-electron chi connectivity index (χ4n) is 2.14. The van der Waals surface area contributed by atoms with E-state index in [4.69, 9.17) is 5.11 Å². The maximum atomic E-state index is 11.0. The first-order valence-electron chi connectivity index (χ1n) is 6.07. The Hall–Kier alpha value is -1.29. The van der Waals surface area contributed by atoms with Gasteiger partial charge in [-0.3, -0.25) is 4.90 Å². The zero-order valence-electron chi connectivity index (χ0n) is 11.1. The molecule has 1 aromatic rings. The second kappa shape index (κ2) is 5.87. The van der Waals surface area contributed by atoms with Crippen LogP contribution in [0.2, 0.25) is 0 Å². The number of hydrogen-bond acceptors (Lipinski definition) is 2. The Labute approximate surface area is 103 Å². The van der Waals surface area contributed by atoms with E-state index in [0.717, 1.165) is 6.54 Å². The molecule has 1 aromatic heterocycles. The lowest BCUT2D eigenvalue weighted by atomic mass is 10.2. The molecule has 1 heterocycles. The molecule has 0 spiro atoms. The third-order valence-corrected chi connectivity index (χ3v) is 2.97. The van der Waals surface area contributed by atoms with Gasteiger partial charge in [0.05, 0.1) is 0 Å². The van der Waals surface area contributed by atoms with Gasteiger partial charge in [-0.05, 0) is 39.8 Å². The Morgan fingerprint density at radius 2 is 1.94 bits per heavy atom. The van der Waals surface area contributed by atoms with Crippen molar-refractivity contribution in [3.63, 3.8) is 0 Å². The van der Waals surface area contributed by atoms with E-state index < -0.39 is 5.97 Å². The minimum atomic E-state index is -0.865. The first kappa shape index (κ1) is 13.8. The largest absolute Gasteiger partial charge is 0.477 e. The minimum Gasteiger partial charge on any atom is -0.477 e. The van der Waals surface area contributed by atoms with Crippen LogP contribution >= 0.6 is 0 Å². The molecule has 0 atom stereocenters. The summed E-state index contributed by atoms with van der Waals surface area (Å²) in [5.74, 6) is -0.865. The maximum Gasteiger partial charge on any atom is 0.352 e. The number of nitrogens with zero attached hydrogens (tertiary/aromatic N) is 2. The summed E-state index contributed by atoms with van der Waals surface area (Å²) in [6.45, 7) is 10.2. The first-order chi connectivity index (χ1) is 7.93. The fourth-order valence-corrected chi connectivity index (χ4v) is 2.14. The highest BCUT2D eigenvalue weighted by molar-refractivity contribution is 5.85. The normalized spacial score (nSPS) is 11.7. The highest BCUT2D eigenvalue weighted by Gasteiger charge is 2.14. The molecular formula is C13H22N2O2. The Bertz CT molecular complexity index is 361. The van der Waals surface area contributed by atoms with Crippen molar-refractivity contribution in [3.8, 4) is 0 Å². The van der Waals surface area contributed by atoms with Gasteiger partial charge in [0.25, 0.3) is 0 Å². The average molecular weight is 238 g/mol. The Morgan fingerprint density at radius 1 is 1.35 bits per heavy atom. The molecule has 0 fully saturated rings. The van der Waals surface area contributed by atoms with Gasteiger partial charge in [0.2, 0.25) is 0 Å². The molecule has 0 aliphatic rings. The fraction of sp³-hybridized carbons (Fsp3) is 0.615. The molecule has 0 bridgehead atoms. The molecule has 0 saturated carbocycles. The summed E-state index contributed by atoms with van der Waals surface area (Å²) in [4.78, 5) is 13.3. The van der Waals surface area contributed by atoms with Crippen LogP contribution in [0.15, 0.2) is 18.3 Å². The second-order valence-corrected chi connectivity index (χ2v) is 4.82. The molecule has 4 nitrogen and oxygen atoms in total. The lowest BCUT2D eigenvalue weighted by molar-refractivity contribution is 0.0683. The van der Waals surface area contributed by atoms with Gasteiger partial charge >= 0.3 is 5.97 Å². The summed E-state index contributed by atoms with van der Waals surface area (Å²) in [5, 5.41) is 9.00. The Kier molecular flexibility index (Phi) is 4.75. The van der Waals surface area contributed by atoms with Gasteiger partial charge in [0.1, 0.15) is 5.69 Å². The van der Waals surface area contributed by atoms with Gasteiger partial charge < -0.3 is 9.67 Å². The van der Waals surface area contributed by atoms with E-state index in [2.05, 4.69) is 32.6 Å². The molecule has 1 N–H and O–H groups in total. The third-order valence-electron chi connectivity index (χ3n) is 2.97. The van der Waals surface area contributed by atoms with Crippen molar-refractivity contribution >= 4 is 5.97 Å². The monoisotopic (exact) mass is 238 g/mol. The second-order valence-electron chi connectivity index (χ2n) is 4.82. The van der Waals surface area contributed by atoms with E-state index in [1.165, 1.54) is 0 Å². The van der Waals surface area contributed by atoms with Crippen LogP contribution < -0.4 is 0 Å². The van der Waals surface area contributed by atoms with E-state index >= 15 is 0 Å². The van der Waals surface area contributed by atoms with E-state index in [1.54, 1.807) is 16.7 Å². The van der Waals surface area contributed by atoms with Gasteiger partial charge in [0, 0.05) is 31.4 Å². The van der Waals surface area contributed by atoms with Crippen LogP contribution in [0.5, 0.6) is 0 Å². The van der Waals surface area contributed by atoms with Gasteiger partial charge in [-0.2, -0.15) is 0 Å². The molecule has 0 amide bonds. The highest BCUT2D eigenvalue weighted by Crippen LogP contribution is 2.07. The van der Waals surface area contributed by atoms with Gasteiger partial charge in [-0.25, -0.2) is 4.79 Å². The van der Waals surface area contributed by atoms with Crippen molar-refractivity contribution in [1.82, 2.24) is 9.47 Å². The molecule has 4 heteroatoms. The van der Waals surface area contributed by atoms with Crippen molar-refractivity contribution in [2.24, 2.45) is 0 Å². The number of carbonyl (C=O) groups is 1. The van der Waals surface area contributed by atoms with Crippen molar-refractivity contribution in [2.45, 2.75) is 46.3 Å². The molecule has 0 saturated heterocycles. The van der Waals surface area contributed by atoms with Crippen LogP contribution in [0, 0.1) is 0 Å². The van der Waals surface area contributed by atoms with E-state index in [1.807, 2.05) is 6.20 Å². The predicted molar refractivity (Wildman–Crippen MR) is 68.4 cm³/mol. The van der Waals surface area contributed by atoms with Gasteiger partial charge in [-0.15, -0.1) is 0 Å². The Balaban J connectivity index is 2.66. The number of hydrogen-bond donors (Lipinski definition) is 1. The number of carboxylic acid groups (broad SMARTS) is 1. The molecule has 0 aliphatic heterocycles. The van der Waals surface area contributed by atoms with Gasteiger partial charge in [0.15, 0.2) is 0 Å². The van der Waals surface area contributed by atoms with Crippen LogP contribution in [0.3, 0.4) is 0 Å². The number of rotatable bonds is 6. The van der Waals surface area contributed by atoms with E-state index in [9.17, 15) is 4.79 Å². The molecule has 17 heavy (non-hydrogen) atoms. The van der Waals surface area contributed by atoms with Crippen molar-refractivity contribution in [1.29, 1.82) is 0 Å². The molecule has 96 valence electrons. The Morgan fingerprint density at radius 3 is 2.41 bits per heavy atom. The summed E-state index contributed by atoms with van der Waals surface area (Å²) < 4.78 is 1.79. The number of aromatic nitrogens is 1. The standard InChI is InChI=1S/C13H22N2O2/c1-10(2)15(11(3)4)9-8-14-7-5-6-12(14)13(16)17/h5-7,10-11H,8-9H2,1-4H3,(H,16,17). The quantitative estimate of drug-likeness (QED) is 0.827. The van der Waals surface area contributed by atoms with Crippen LogP contribution in [0.25, 0.3) is 0 Å². The smallest absolute Gasteiger partial charge is 0.352 e. The molecule has 0 unspecified atom stereocenters. The molecule has 0 aliphatic carbocycles. The molecule has 1 rings (SSSR count). The average Bonchev–Trinajstić information content (AvgIpc) is 2.64. The van der Waals surface area contributed by atoms with Crippen LogP contribution in [0.1, 0.15) is 38.2 Å². The van der Waals surface area contributed by atoms with Crippen LogP contribution in [0.4, 0.5) is 0 Å². The van der Waals surface area contributed by atoms with Crippen molar-refractivity contribution in [2.75, 3.05) is 6.54 Å². The summed E-state index contributed by atoms with van der Waals surface area (Å²) in [7, 11) is 0. The lowest BCUT2D eigenvalue weighted by Crippen LogP contribution is -2.39. The van der Waals surface area contributed by atoms with E-state index in [0.29, 0.717) is 24.3 Å². The highest BCUT2D eigenvalue weighted by atomic mass is 16.4. The summed E-state index contributed by atoms with van der Waals surface area (Å²) >= 11 is 0. The third kappa shape index (κ3) is 3.60. The number of carboxylic acids is 1. The van der Waals surface area contributed by atoms with Crippen molar-refractivity contribution in [3.05, 3.63) is 24.0 Å². The number of aromatic carboxylic acids is 1.